The van der Waals surface area contributed by atoms with Gasteiger partial charge in [0.25, 0.3) is 11.5 Å². The Morgan fingerprint density at radius 3 is 2.33 bits per heavy atom. The highest BCUT2D eigenvalue weighted by Gasteiger charge is 2.23. The number of carbonyl (C=O) groups excluding carboxylic acids is 2. The van der Waals surface area contributed by atoms with Crippen LogP contribution in [0.2, 0.25) is 0 Å². The predicted octanol–water partition coefficient (Wildman–Crippen LogP) is 2.92. The Bertz CT molecular complexity index is 1250. The molecule has 9 heteroatoms. The van der Waals surface area contributed by atoms with Crippen molar-refractivity contribution in [3.8, 4) is 22.6 Å². The summed E-state index contributed by atoms with van der Waals surface area (Å²) < 4.78 is 13.0. The number of nitrogens with one attached hydrogen (secondary N) is 1. The number of thiophene rings is 1. The Kier molecular flexibility index (Phi) is 6.53. The van der Waals surface area contributed by atoms with Crippen LogP contribution < -0.4 is 20.3 Å². The summed E-state index contributed by atoms with van der Waals surface area (Å²) in [5.41, 5.74) is 1.62. The Morgan fingerprint density at radius 1 is 1.12 bits per heavy atom. The zero-order chi connectivity index (χ0) is 23.7. The van der Waals surface area contributed by atoms with Crippen LogP contribution in [0.1, 0.15) is 32.9 Å². The standard InChI is InChI=1S/C24H27N3O5S/c1-26-7-5-15(6-8-26)25-23(29)21-11-16-22(33-21)17(12-27(2)24(16)30)14-9-19(31-3)18(13-28)20(10-14)32-4/h9-13,15H,5-8H2,1-4H3,(H,25,29). The van der Waals surface area contributed by atoms with E-state index in [4.69, 9.17) is 9.47 Å². The molecular formula is C24H27N3O5S. The molecule has 1 amide bonds. The van der Waals surface area contributed by atoms with Crippen molar-refractivity contribution in [3.05, 3.63) is 45.2 Å². The van der Waals surface area contributed by atoms with Crippen LogP contribution in [-0.4, -0.2) is 62.1 Å². The largest absolute Gasteiger partial charge is 0.496 e. The van der Waals surface area contributed by atoms with Crippen LogP contribution in [0.25, 0.3) is 21.2 Å². The van der Waals surface area contributed by atoms with Gasteiger partial charge in [0, 0.05) is 29.5 Å². The molecule has 2 aromatic heterocycles. The third-order valence-electron chi connectivity index (χ3n) is 6.10. The minimum atomic E-state index is -0.174. The van der Waals surface area contributed by atoms with E-state index in [2.05, 4.69) is 17.3 Å². The van der Waals surface area contributed by atoms with Gasteiger partial charge in [0.05, 0.1) is 30.0 Å². The maximum Gasteiger partial charge on any atom is 0.261 e. The number of aromatic nitrogens is 1. The van der Waals surface area contributed by atoms with E-state index in [0.717, 1.165) is 37.1 Å². The van der Waals surface area contributed by atoms with Gasteiger partial charge in [-0.2, -0.15) is 0 Å². The monoisotopic (exact) mass is 469 g/mol. The van der Waals surface area contributed by atoms with Crippen LogP contribution in [0.15, 0.2) is 29.2 Å². The van der Waals surface area contributed by atoms with E-state index in [1.807, 2.05) is 0 Å². The van der Waals surface area contributed by atoms with E-state index in [1.165, 1.54) is 30.1 Å². The maximum atomic E-state index is 13.0. The van der Waals surface area contributed by atoms with E-state index < -0.39 is 0 Å². The van der Waals surface area contributed by atoms with Crippen molar-refractivity contribution < 1.29 is 19.1 Å². The molecule has 4 rings (SSSR count). The fourth-order valence-corrected chi connectivity index (χ4v) is 5.27. The lowest BCUT2D eigenvalue weighted by Gasteiger charge is -2.29. The minimum Gasteiger partial charge on any atom is -0.496 e. The number of benzene rings is 1. The minimum absolute atomic E-state index is 0.130. The Morgan fingerprint density at radius 2 is 1.76 bits per heavy atom. The first-order valence-corrected chi connectivity index (χ1v) is 11.5. The molecule has 1 aliphatic rings. The van der Waals surface area contributed by atoms with Gasteiger partial charge in [0.15, 0.2) is 6.29 Å². The molecule has 0 aliphatic carbocycles. The van der Waals surface area contributed by atoms with Crippen LogP contribution in [0.3, 0.4) is 0 Å². The molecule has 0 unspecified atom stereocenters. The molecule has 1 fully saturated rings. The highest BCUT2D eigenvalue weighted by molar-refractivity contribution is 7.21. The molecule has 1 N–H and O–H groups in total. The van der Waals surface area contributed by atoms with Crippen molar-refractivity contribution in [3.63, 3.8) is 0 Å². The van der Waals surface area contributed by atoms with Gasteiger partial charge in [-0.15, -0.1) is 11.3 Å². The van der Waals surface area contributed by atoms with E-state index in [0.29, 0.717) is 38.3 Å². The Balaban J connectivity index is 1.78. The van der Waals surface area contributed by atoms with Crippen molar-refractivity contribution in [2.75, 3.05) is 34.4 Å². The summed E-state index contributed by atoms with van der Waals surface area (Å²) in [6.45, 7) is 1.89. The van der Waals surface area contributed by atoms with Crippen molar-refractivity contribution >= 4 is 33.6 Å². The first-order valence-electron chi connectivity index (χ1n) is 10.7. The molecule has 1 saturated heterocycles. The number of nitrogens with zero attached hydrogens (tertiary/aromatic N) is 2. The zero-order valence-electron chi connectivity index (χ0n) is 19.1. The highest BCUT2D eigenvalue weighted by Crippen LogP contribution is 2.38. The molecule has 1 aliphatic heterocycles. The fraction of sp³-hybridized carbons (Fsp3) is 0.375. The van der Waals surface area contributed by atoms with Gasteiger partial charge in [0.2, 0.25) is 0 Å². The average Bonchev–Trinajstić information content (AvgIpc) is 3.28. The summed E-state index contributed by atoms with van der Waals surface area (Å²) >= 11 is 1.29. The van der Waals surface area contributed by atoms with Crippen LogP contribution in [0.4, 0.5) is 0 Å². The lowest BCUT2D eigenvalue weighted by atomic mass is 10.0. The van der Waals surface area contributed by atoms with Gasteiger partial charge in [-0.05, 0) is 56.7 Å². The van der Waals surface area contributed by atoms with E-state index >= 15 is 0 Å². The molecule has 3 heterocycles. The third-order valence-corrected chi connectivity index (χ3v) is 7.27. The number of rotatable bonds is 6. The maximum absolute atomic E-state index is 13.0. The number of piperidine rings is 1. The molecule has 3 aromatic rings. The van der Waals surface area contributed by atoms with Gasteiger partial charge < -0.3 is 24.3 Å². The number of carbonyl (C=O) groups is 2. The number of fused-ring (bicyclic) bond motifs is 1. The van der Waals surface area contributed by atoms with E-state index in [9.17, 15) is 14.4 Å². The molecule has 0 bridgehead atoms. The predicted molar refractivity (Wildman–Crippen MR) is 129 cm³/mol. The quantitative estimate of drug-likeness (QED) is 0.559. The lowest BCUT2D eigenvalue weighted by Crippen LogP contribution is -2.43. The number of amides is 1. The van der Waals surface area contributed by atoms with Gasteiger partial charge in [-0.1, -0.05) is 0 Å². The van der Waals surface area contributed by atoms with Gasteiger partial charge in [0.1, 0.15) is 11.5 Å². The first-order chi connectivity index (χ1) is 15.9. The molecular weight excluding hydrogens is 442 g/mol. The molecule has 0 radical (unpaired) electrons. The number of hydrogen-bond acceptors (Lipinski definition) is 7. The first kappa shape index (κ1) is 23.0. The van der Waals surface area contributed by atoms with Crippen molar-refractivity contribution in [1.82, 2.24) is 14.8 Å². The summed E-state index contributed by atoms with van der Waals surface area (Å²) in [6.07, 6.45) is 4.23. The molecule has 0 atom stereocenters. The summed E-state index contributed by atoms with van der Waals surface area (Å²) in [7, 11) is 6.72. The number of aldehydes is 1. The smallest absolute Gasteiger partial charge is 0.261 e. The summed E-state index contributed by atoms with van der Waals surface area (Å²) in [5, 5.41) is 3.60. The Hall–Kier alpha value is -3.17. The molecule has 174 valence electrons. The molecule has 33 heavy (non-hydrogen) atoms. The average molecular weight is 470 g/mol. The van der Waals surface area contributed by atoms with Crippen molar-refractivity contribution in [1.29, 1.82) is 0 Å². The van der Waals surface area contributed by atoms with Gasteiger partial charge >= 0.3 is 0 Å². The summed E-state index contributed by atoms with van der Waals surface area (Å²) in [5.74, 6) is 0.585. The van der Waals surface area contributed by atoms with E-state index in [1.54, 1.807) is 31.4 Å². The molecule has 0 spiro atoms. The van der Waals surface area contributed by atoms with Crippen molar-refractivity contribution in [2.24, 2.45) is 7.05 Å². The lowest BCUT2D eigenvalue weighted by molar-refractivity contribution is 0.0920. The number of likely N-dealkylation sites (tertiary alicyclic amines) is 1. The zero-order valence-corrected chi connectivity index (χ0v) is 20.0. The number of hydrogen-bond donors (Lipinski definition) is 1. The van der Waals surface area contributed by atoms with Crippen molar-refractivity contribution in [2.45, 2.75) is 18.9 Å². The normalized spacial score (nSPS) is 14.9. The van der Waals surface area contributed by atoms with E-state index in [-0.39, 0.29) is 17.5 Å². The summed E-state index contributed by atoms with van der Waals surface area (Å²) in [6, 6.07) is 5.28. The van der Waals surface area contributed by atoms with Crippen LogP contribution in [0.5, 0.6) is 11.5 Å². The van der Waals surface area contributed by atoms with Gasteiger partial charge in [-0.25, -0.2) is 0 Å². The van der Waals surface area contributed by atoms with Crippen LogP contribution >= 0.6 is 11.3 Å². The second-order valence-corrected chi connectivity index (χ2v) is 9.33. The SMILES string of the molecule is COc1cc(-c2cn(C)c(=O)c3cc(C(=O)NC4CCN(C)CC4)sc23)cc(OC)c1C=O. The highest BCUT2D eigenvalue weighted by atomic mass is 32.1. The molecule has 8 nitrogen and oxygen atoms in total. The number of pyridine rings is 1. The number of aryl methyl sites for hydroxylation is 1. The second kappa shape index (κ2) is 9.36. The van der Waals surface area contributed by atoms with Crippen LogP contribution in [0, 0.1) is 0 Å². The number of ether oxygens (including phenoxy) is 2. The van der Waals surface area contributed by atoms with Gasteiger partial charge in [-0.3, -0.25) is 14.4 Å². The fourth-order valence-electron chi connectivity index (χ4n) is 4.19. The molecule has 1 aromatic carbocycles. The molecule has 0 saturated carbocycles. The second-order valence-electron chi connectivity index (χ2n) is 8.28. The third kappa shape index (κ3) is 4.38. The number of methoxy groups -OCH3 is 2. The Labute approximate surface area is 195 Å². The van der Waals surface area contributed by atoms with Crippen LogP contribution in [-0.2, 0) is 7.05 Å². The topological polar surface area (TPSA) is 89.9 Å². The summed E-state index contributed by atoms with van der Waals surface area (Å²) in [4.78, 5) is 40.1.